The third kappa shape index (κ3) is 5.92. The standard InChI is InChI=1S/C15H26N2O/c1-4-5-12-18-15-9-7-6-8-14(15)17-11-10-16-13(2)3/h6-9,13,16-17H,4-5,10-12H2,1-3H3. The summed E-state index contributed by atoms with van der Waals surface area (Å²) in [5.74, 6) is 0.954. The highest BCUT2D eigenvalue weighted by molar-refractivity contribution is 5.56. The van der Waals surface area contributed by atoms with Crippen LogP contribution < -0.4 is 15.4 Å². The zero-order valence-corrected chi connectivity index (χ0v) is 11.8. The largest absolute Gasteiger partial charge is 0.491 e. The normalized spacial score (nSPS) is 10.7. The van der Waals surface area contributed by atoms with E-state index >= 15 is 0 Å². The molecule has 3 heteroatoms. The Morgan fingerprint density at radius 3 is 2.67 bits per heavy atom. The van der Waals surface area contributed by atoms with Gasteiger partial charge in [0.25, 0.3) is 0 Å². The monoisotopic (exact) mass is 250 g/mol. The van der Waals surface area contributed by atoms with E-state index in [1.165, 1.54) is 0 Å². The van der Waals surface area contributed by atoms with E-state index in [0.717, 1.165) is 44.0 Å². The Bertz CT molecular complexity index is 326. The Labute approximate surface area is 111 Å². The molecule has 0 amide bonds. The van der Waals surface area contributed by atoms with E-state index in [4.69, 9.17) is 4.74 Å². The summed E-state index contributed by atoms with van der Waals surface area (Å²) in [6.07, 6.45) is 2.26. The SMILES string of the molecule is CCCCOc1ccccc1NCCNC(C)C. The Kier molecular flexibility index (Phi) is 7.26. The van der Waals surface area contributed by atoms with Crippen LogP contribution in [0, 0.1) is 0 Å². The minimum atomic E-state index is 0.530. The van der Waals surface area contributed by atoms with Gasteiger partial charge in [-0.3, -0.25) is 0 Å². The van der Waals surface area contributed by atoms with Gasteiger partial charge in [-0.25, -0.2) is 0 Å². The van der Waals surface area contributed by atoms with Crippen LogP contribution >= 0.6 is 0 Å². The van der Waals surface area contributed by atoms with Crippen molar-refractivity contribution >= 4 is 5.69 Å². The summed E-state index contributed by atoms with van der Waals surface area (Å²) in [4.78, 5) is 0. The molecule has 3 nitrogen and oxygen atoms in total. The fourth-order valence-corrected chi connectivity index (χ4v) is 1.62. The van der Waals surface area contributed by atoms with Crippen molar-refractivity contribution in [2.45, 2.75) is 39.7 Å². The number of ether oxygens (including phenoxy) is 1. The van der Waals surface area contributed by atoms with Gasteiger partial charge in [-0.2, -0.15) is 0 Å². The van der Waals surface area contributed by atoms with Crippen molar-refractivity contribution in [3.05, 3.63) is 24.3 Å². The van der Waals surface area contributed by atoms with Crippen molar-refractivity contribution in [3.63, 3.8) is 0 Å². The predicted molar refractivity (Wildman–Crippen MR) is 78.5 cm³/mol. The van der Waals surface area contributed by atoms with Gasteiger partial charge in [0, 0.05) is 19.1 Å². The van der Waals surface area contributed by atoms with Crippen molar-refractivity contribution < 1.29 is 4.74 Å². The molecule has 18 heavy (non-hydrogen) atoms. The first-order valence-electron chi connectivity index (χ1n) is 6.93. The van der Waals surface area contributed by atoms with Crippen LogP contribution in [0.5, 0.6) is 5.75 Å². The van der Waals surface area contributed by atoms with E-state index in [1.807, 2.05) is 18.2 Å². The summed E-state index contributed by atoms with van der Waals surface area (Å²) < 4.78 is 5.77. The summed E-state index contributed by atoms with van der Waals surface area (Å²) in [5, 5.41) is 6.79. The molecular weight excluding hydrogens is 224 g/mol. The molecule has 0 aliphatic rings. The van der Waals surface area contributed by atoms with Crippen LogP contribution in [-0.2, 0) is 0 Å². The van der Waals surface area contributed by atoms with E-state index in [1.54, 1.807) is 0 Å². The Balaban J connectivity index is 2.38. The molecule has 0 saturated carbocycles. The first-order valence-corrected chi connectivity index (χ1v) is 6.93. The molecule has 0 atom stereocenters. The zero-order chi connectivity index (χ0) is 13.2. The Morgan fingerprint density at radius 1 is 1.17 bits per heavy atom. The number of benzene rings is 1. The highest BCUT2D eigenvalue weighted by Crippen LogP contribution is 2.23. The average Bonchev–Trinajstić information content (AvgIpc) is 2.36. The van der Waals surface area contributed by atoms with E-state index < -0.39 is 0 Å². The van der Waals surface area contributed by atoms with Gasteiger partial charge in [0.1, 0.15) is 5.75 Å². The fourth-order valence-electron chi connectivity index (χ4n) is 1.62. The maximum Gasteiger partial charge on any atom is 0.142 e. The molecule has 0 bridgehead atoms. The van der Waals surface area contributed by atoms with Gasteiger partial charge in [-0.15, -0.1) is 0 Å². The van der Waals surface area contributed by atoms with Gasteiger partial charge >= 0.3 is 0 Å². The van der Waals surface area contributed by atoms with Gasteiger partial charge in [0.05, 0.1) is 12.3 Å². The first-order chi connectivity index (χ1) is 8.74. The summed E-state index contributed by atoms with van der Waals surface area (Å²) >= 11 is 0. The summed E-state index contributed by atoms with van der Waals surface area (Å²) in [5.41, 5.74) is 1.08. The van der Waals surface area contributed by atoms with Gasteiger partial charge in [-0.05, 0) is 18.6 Å². The number of rotatable bonds is 9. The molecular formula is C15H26N2O. The smallest absolute Gasteiger partial charge is 0.142 e. The molecule has 0 aromatic heterocycles. The summed E-state index contributed by atoms with van der Waals surface area (Å²) in [6, 6.07) is 8.66. The second-order valence-corrected chi connectivity index (χ2v) is 4.73. The van der Waals surface area contributed by atoms with Gasteiger partial charge in [-0.1, -0.05) is 39.3 Å². The lowest BCUT2D eigenvalue weighted by atomic mass is 10.3. The van der Waals surface area contributed by atoms with E-state index in [0.29, 0.717) is 6.04 Å². The van der Waals surface area contributed by atoms with E-state index in [2.05, 4.69) is 37.5 Å². The number of anilines is 1. The van der Waals surface area contributed by atoms with Gasteiger partial charge in [0.15, 0.2) is 0 Å². The van der Waals surface area contributed by atoms with Crippen molar-refractivity contribution in [2.75, 3.05) is 25.0 Å². The predicted octanol–water partition coefficient (Wildman–Crippen LogP) is 3.28. The first kappa shape index (κ1) is 14.8. The molecule has 1 aromatic carbocycles. The van der Waals surface area contributed by atoms with Crippen LogP contribution in [0.15, 0.2) is 24.3 Å². The average molecular weight is 250 g/mol. The summed E-state index contributed by atoms with van der Waals surface area (Å²) in [7, 11) is 0. The van der Waals surface area contributed by atoms with E-state index in [-0.39, 0.29) is 0 Å². The fraction of sp³-hybridized carbons (Fsp3) is 0.600. The van der Waals surface area contributed by atoms with Gasteiger partial charge in [0.2, 0.25) is 0 Å². The lowest BCUT2D eigenvalue weighted by Crippen LogP contribution is -2.28. The third-order valence-electron chi connectivity index (χ3n) is 2.64. The maximum atomic E-state index is 5.77. The number of para-hydroxylation sites is 2. The molecule has 102 valence electrons. The number of unbranched alkanes of at least 4 members (excludes halogenated alkanes) is 1. The lowest BCUT2D eigenvalue weighted by Gasteiger charge is -2.14. The lowest BCUT2D eigenvalue weighted by molar-refractivity contribution is 0.310. The second-order valence-electron chi connectivity index (χ2n) is 4.73. The third-order valence-corrected chi connectivity index (χ3v) is 2.64. The number of hydrogen-bond donors (Lipinski definition) is 2. The van der Waals surface area contributed by atoms with Crippen LogP contribution in [0.2, 0.25) is 0 Å². The molecule has 1 aromatic rings. The van der Waals surface area contributed by atoms with Crippen LogP contribution in [0.3, 0.4) is 0 Å². The van der Waals surface area contributed by atoms with Crippen molar-refractivity contribution in [2.24, 2.45) is 0 Å². The molecule has 0 heterocycles. The molecule has 0 fully saturated rings. The van der Waals surface area contributed by atoms with Crippen LogP contribution in [0.1, 0.15) is 33.6 Å². The second kappa shape index (κ2) is 8.81. The van der Waals surface area contributed by atoms with Crippen LogP contribution in [0.4, 0.5) is 5.69 Å². The molecule has 0 spiro atoms. The molecule has 0 saturated heterocycles. The highest BCUT2D eigenvalue weighted by atomic mass is 16.5. The highest BCUT2D eigenvalue weighted by Gasteiger charge is 2.01. The quantitative estimate of drug-likeness (QED) is 0.660. The Morgan fingerprint density at radius 2 is 1.94 bits per heavy atom. The van der Waals surface area contributed by atoms with Crippen molar-refractivity contribution in [1.82, 2.24) is 5.32 Å². The minimum Gasteiger partial charge on any atom is -0.491 e. The van der Waals surface area contributed by atoms with Gasteiger partial charge < -0.3 is 15.4 Å². The van der Waals surface area contributed by atoms with E-state index in [9.17, 15) is 0 Å². The molecule has 0 unspecified atom stereocenters. The molecule has 0 radical (unpaired) electrons. The zero-order valence-electron chi connectivity index (χ0n) is 11.8. The molecule has 2 N–H and O–H groups in total. The maximum absolute atomic E-state index is 5.77. The number of nitrogens with one attached hydrogen (secondary N) is 2. The van der Waals surface area contributed by atoms with Crippen LogP contribution in [-0.4, -0.2) is 25.7 Å². The topological polar surface area (TPSA) is 33.3 Å². The Hall–Kier alpha value is -1.22. The summed E-state index contributed by atoms with van der Waals surface area (Å²) in [6.45, 7) is 9.14. The van der Waals surface area contributed by atoms with Crippen molar-refractivity contribution in [3.8, 4) is 5.75 Å². The minimum absolute atomic E-state index is 0.530. The molecule has 0 aliphatic heterocycles. The molecule has 0 aliphatic carbocycles. The van der Waals surface area contributed by atoms with Crippen molar-refractivity contribution in [1.29, 1.82) is 0 Å². The van der Waals surface area contributed by atoms with Crippen LogP contribution in [0.25, 0.3) is 0 Å². The molecule has 1 rings (SSSR count). The number of hydrogen-bond acceptors (Lipinski definition) is 3.